The fourth-order valence-electron chi connectivity index (χ4n) is 1.60. The molecule has 0 unspecified atom stereocenters. The van der Waals surface area contributed by atoms with Crippen molar-refractivity contribution in [3.63, 3.8) is 0 Å². The van der Waals surface area contributed by atoms with Crippen molar-refractivity contribution in [2.24, 2.45) is 0 Å². The van der Waals surface area contributed by atoms with E-state index in [4.69, 9.17) is 14.6 Å². The predicted molar refractivity (Wildman–Crippen MR) is 81.4 cm³/mol. The molecule has 0 radical (unpaired) electrons. The van der Waals surface area contributed by atoms with Crippen LogP contribution in [0.4, 0.5) is 0 Å². The fraction of sp³-hybridized carbons (Fsp3) is 0.400. The SMILES string of the molecule is COc1ccc(OCCCC(=O)NCC(=O)NCC(=O)O)cc1. The fourth-order valence-corrected chi connectivity index (χ4v) is 1.60. The molecule has 1 rings (SSSR count). The Morgan fingerprint density at radius 3 is 2.22 bits per heavy atom. The monoisotopic (exact) mass is 324 g/mol. The van der Waals surface area contributed by atoms with Crippen LogP contribution in [0.2, 0.25) is 0 Å². The van der Waals surface area contributed by atoms with Crippen LogP contribution in [-0.2, 0) is 14.4 Å². The van der Waals surface area contributed by atoms with E-state index in [-0.39, 0.29) is 18.9 Å². The molecule has 0 saturated carbocycles. The van der Waals surface area contributed by atoms with Crippen molar-refractivity contribution >= 4 is 17.8 Å². The molecule has 23 heavy (non-hydrogen) atoms. The number of amides is 2. The molecule has 0 saturated heterocycles. The minimum absolute atomic E-state index is 0.211. The molecule has 0 aliphatic carbocycles. The lowest BCUT2D eigenvalue weighted by atomic mass is 10.3. The average Bonchev–Trinajstić information content (AvgIpc) is 2.55. The van der Waals surface area contributed by atoms with Gasteiger partial charge in [-0.05, 0) is 30.7 Å². The molecule has 8 heteroatoms. The molecule has 0 heterocycles. The normalized spacial score (nSPS) is 9.78. The second kappa shape index (κ2) is 10.0. The van der Waals surface area contributed by atoms with Gasteiger partial charge in [0.2, 0.25) is 11.8 Å². The van der Waals surface area contributed by atoms with Gasteiger partial charge in [0.25, 0.3) is 0 Å². The van der Waals surface area contributed by atoms with E-state index in [0.29, 0.717) is 18.8 Å². The molecule has 3 N–H and O–H groups in total. The molecule has 0 aliphatic heterocycles. The van der Waals surface area contributed by atoms with Crippen molar-refractivity contribution in [2.45, 2.75) is 12.8 Å². The van der Waals surface area contributed by atoms with Crippen LogP contribution in [0.25, 0.3) is 0 Å². The summed E-state index contributed by atoms with van der Waals surface area (Å²) in [6, 6.07) is 7.09. The topological polar surface area (TPSA) is 114 Å². The number of nitrogens with one attached hydrogen (secondary N) is 2. The largest absolute Gasteiger partial charge is 0.497 e. The first-order chi connectivity index (χ1) is 11.0. The van der Waals surface area contributed by atoms with E-state index in [1.54, 1.807) is 31.4 Å². The lowest BCUT2D eigenvalue weighted by Crippen LogP contribution is -2.39. The maximum absolute atomic E-state index is 11.5. The van der Waals surface area contributed by atoms with Gasteiger partial charge < -0.3 is 25.2 Å². The molecule has 1 aromatic carbocycles. The Kier molecular flexibility index (Phi) is 7.98. The van der Waals surface area contributed by atoms with Crippen LogP contribution >= 0.6 is 0 Å². The van der Waals surface area contributed by atoms with Crippen LogP contribution in [0.1, 0.15) is 12.8 Å². The highest BCUT2D eigenvalue weighted by Gasteiger charge is 2.06. The summed E-state index contributed by atoms with van der Waals surface area (Å²) in [5, 5.41) is 12.9. The molecule has 126 valence electrons. The maximum Gasteiger partial charge on any atom is 0.322 e. The predicted octanol–water partition coefficient (Wildman–Crippen LogP) is 0.171. The Labute approximate surface area is 133 Å². The Morgan fingerprint density at radius 2 is 1.61 bits per heavy atom. The van der Waals surface area contributed by atoms with Crippen LogP contribution < -0.4 is 20.1 Å². The summed E-state index contributed by atoms with van der Waals surface area (Å²) < 4.78 is 10.5. The number of ether oxygens (including phenoxy) is 2. The van der Waals surface area contributed by atoms with Gasteiger partial charge in [-0.3, -0.25) is 14.4 Å². The van der Waals surface area contributed by atoms with Gasteiger partial charge in [-0.1, -0.05) is 0 Å². The zero-order valence-electron chi connectivity index (χ0n) is 12.8. The summed E-state index contributed by atoms with van der Waals surface area (Å²) in [7, 11) is 1.58. The van der Waals surface area contributed by atoms with Crippen molar-refractivity contribution in [1.82, 2.24) is 10.6 Å². The third kappa shape index (κ3) is 8.30. The number of benzene rings is 1. The number of aliphatic carboxylic acids is 1. The zero-order valence-corrected chi connectivity index (χ0v) is 12.8. The Hall–Kier alpha value is -2.77. The summed E-state index contributed by atoms with van der Waals surface area (Å²) >= 11 is 0. The molecule has 0 spiro atoms. The minimum atomic E-state index is -1.14. The van der Waals surface area contributed by atoms with Gasteiger partial charge in [0.1, 0.15) is 18.0 Å². The molecule has 0 atom stereocenters. The molecule has 0 fully saturated rings. The summed E-state index contributed by atoms with van der Waals surface area (Å²) in [6.45, 7) is -0.346. The molecule has 1 aromatic rings. The van der Waals surface area contributed by atoms with Gasteiger partial charge >= 0.3 is 5.97 Å². The smallest absolute Gasteiger partial charge is 0.322 e. The third-order valence-corrected chi connectivity index (χ3v) is 2.76. The van der Waals surface area contributed by atoms with Gasteiger partial charge in [-0.15, -0.1) is 0 Å². The second-order valence-electron chi connectivity index (χ2n) is 4.57. The Balaban J connectivity index is 2.11. The van der Waals surface area contributed by atoms with E-state index in [9.17, 15) is 14.4 Å². The van der Waals surface area contributed by atoms with E-state index < -0.39 is 18.4 Å². The van der Waals surface area contributed by atoms with Gasteiger partial charge in [-0.25, -0.2) is 0 Å². The number of hydrogen-bond donors (Lipinski definition) is 3. The number of methoxy groups -OCH3 is 1. The van der Waals surface area contributed by atoms with Gasteiger partial charge in [-0.2, -0.15) is 0 Å². The first-order valence-electron chi connectivity index (χ1n) is 7.03. The number of carboxylic acid groups (broad SMARTS) is 1. The molecule has 2 amide bonds. The molecule has 8 nitrogen and oxygen atoms in total. The molecule has 0 aliphatic rings. The summed E-state index contributed by atoms with van der Waals surface area (Å²) in [4.78, 5) is 32.9. The van der Waals surface area contributed by atoms with Crippen LogP contribution in [0.3, 0.4) is 0 Å². The summed E-state index contributed by atoms with van der Waals surface area (Å²) in [6.07, 6.45) is 0.705. The van der Waals surface area contributed by atoms with Gasteiger partial charge in [0.15, 0.2) is 0 Å². The third-order valence-electron chi connectivity index (χ3n) is 2.76. The lowest BCUT2D eigenvalue weighted by molar-refractivity contribution is -0.137. The quantitative estimate of drug-likeness (QED) is 0.529. The van der Waals surface area contributed by atoms with Crippen LogP contribution in [0, 0.1) is 0 Å². The van der Waals surface area contributed by atoms with E-state index in [1.807, 2.05) is 0 Å². The highest BCUT2D eigenvalue weighted by molar-refractivity contribution is 5.86. The van der Waals surface area contributed by atoms with Crippen molar-refractivity contribution in [3.05, 3.63) is 24.3 Å². The van der Waals surface area contributed by atoms with Crippen LogP contribution in [0.15, 0.2) is 24.3 Å². The van der Waals surface area contributed by atoms with E-state index in [0.717, 1.165) is 5.75 Å². The number of rotatable bonds is 10. The zero-order chi connectivity index (χ0) is 17.1. The average molecular weight is 324 g/mol. The number of carboxylic acids is 1. The highest BCUT2D eigenvalue weighted by atomic mass is 16.5. The van der Waals surface area contributed by atoms with E-state index in [1.165, 1.54) is 0 Å². The van der Waals surface area contributed by atoms with Gasteiger partial charge in [0.05, 0.1) is 20.3 Å². The number of hydrogen-bond acceptors (Lipinski definition) is 5. The Bertz CT molecular complexity index is 529. The van der Waals surface area contributed by atoms with Crippen molar-refractivity contribution in [2.75, 3.05) is 26.8 Å². The van der Waals surface area contributed by atoms with E-state index >= 15 is 0 Å². The van der Waals surface area contributed by atoms with Crippen LogP contribution in [0.5, 0.6) is 11.5 Å². The number of carbonyl (C=O) groups excluding carboxylic acids is 2. The van der Waals surface area contributed by atoms with Crippen molar-refractivity contribution < 1.29 is 29.0 Å². The lowest BCUT2D eigenvalue weighted by Gasteiger charge is -2.08. The first-order valence-corrected chi connectivity index (χ1v) is 7.03. The highest BCUT2D eigenvalue weighted by Crippen LogP contribution is 2.17. The number of carbonyl (C=O) groups is 3. The van der Waals surface area contributed by atoms with Gasteiger partial charge in [0, 0.05) is 6.42 Å². The molecule has 0 aromatic heterocycles. The Morgan fingerprint density at radius 1 is 1.00 bits per heavy atom. The molecule has 0 bridgehead atoms. The first kappa shape index (κ1) is 18.3. The molecular weight excluding hydrogens is 304 g/mol. The maximum atomic E-state index is 11.5. The van der Waals surface area contributed by atoms with Crippen molar-refractivity contribution in [1.29, 1.82) is 0 Å². The van der Waals surface area contributed by atoms with Crippen molar-refractivity contribution in [3.8, 4) is 11.5 Å². The second-order valence-corrected chi connectivity index (χ2v) is 4.57. The molecular formula is C15H20N2O6. The standard InChI is InChI=1S/C15H20N2O6/c1-22-11-4-6-12(7-5-11)23-8-2-3-13(18)16-9-14(19)17-10-15(20)21/h4-7H,2-3,8-10H2,1H3,(H,16,18)(H,17,19)(H,20,21). The minimum Gasteiger partial charge on any atom is -0.497 e. The summed E-state index contributed by atoms with van der Waals surface area (Å²) in [5.74, 6) is -0.568. The van der Waals surface area contributed by atoms with Crippen LogP contribution in [-0.4, -0.2) is 49.7 Å². The summed E-state index contributed by atoms with van der Waals surface area (Å²) in [5.41, 5.74) is 0. The van der Waals surface area contributed by atoms with E-state index in [2.05, 4.69) is 10.6 Å².